The van der Waals surface area contributed by atoms with Crippen LogP contribution in [0.4, 0.5) is 5.69 Å². The zero-order chi connectivity index (χ0) is 18.0. The van der Waals surface area contributed by atoms with Gasteiger partial charge in [-0.25, -0.2) is 4.79 Å². The van der Waals surface area contributed by atoms with E-state index < -0.39 is 5.97 Å². The molecule has 1 aromatic heterocycles. The molecule has 0 amide bonds. The van der Waals surface area contributed by atoms with Gasteiger partial charge in [0.15, 0.2) is 0 Å². The lowest BCUT2D eigenvalue weighted by Gasteiger charge is -2.09. The normalized spacial score (nSPS) is 11.0. The Morgan fingerprint density at radius 3 is 2.68 bits per heavy atom. The van der Waals surface area contributed by atoms with Gasteiger partial charge < -0.3 is 20.1 Å². The second-order valence-corrected chi connectivity index (χ2v) is 6.13. The van der Waals surface area contributed by atoms with Gasteiger partial charge in [-0.2, -0.15) is 0 Å². The zero-order valence-corrected chi connectivity index (χ0v) is 14.5. The lowest BCUT2D eigenvalue weighted by Crippen LogP contribution is -2.00. The molecule has 0 unspecified atom stereocenters. The van der Waals surface area contributed by atoms with E-state index in [-0.39, 0.29) is 5.56 Å². The lowest BCUT2D eigenvalue weighted by molar-refractivity contribution is 0.0696. The number of hydrogen-bond donors (Lipinski definition) is 2. The topological polar surface area (TPSA) is 77.5 Å². The third kappa shape index (κ3) is 3.31. The summed E-state index contributed by atoms with van der Waals surface area (Å²) in [6.45, 7) is 3.09. The van der Waals surface area contributed by atoms with Gasteiger partial charge in [0.05, 0.1) is 12.7 Å². The van der Waals surface area contributed by atoms with Crippen molar-refractivity contribution in [2.45, 2.75) is 26.3 Å². The lowest BCUT2D eigenvalue weighted by atomic mass is 10.0. The summed E-state index contributed by atoms with van der Waals surface area (Å²) < 4.78 is 7.64. The Labute approximate surface area is 146 Å². The number of benzene rings is 2. The van der Waals surface area contributed by atoms with Gasteiger partial charge in [-0.15, -0.1) is 0 Å². The highest BCUT2D eigenvalue weighted by Gasteiger charge is 2.13. The third-order valence-electron chi connectivity index (χ3n) is 4.37. The third-order valence-corrected chi connectivity index (χ3v) is 4.37. The molecule has 0 saturated heterocycles. The summed E-state index contributed by atoms with van der Waals surface area (Å²) in [6.07, 6.45) is 3.85. The van der Waals surface area contributed by atoms with E-state index in [1.165, 1.54) is 0 Å². The van der Waals surface area contributed by atoms with Crippen molar-refractivity contribution in [1.82, 2.24) is 4.57 Å². The van der Waals surface area contributed by atoms with Gasteiger partial charge in [0.2, 0.25) is 0 Å². The molecule has 0 bridgehead atoms. The number of methoxy groups -OCH3 is 1. The molecule has 0 fully saturated rings. The van der Waals surface area contributed by atoms with E-state index >= 15 is 0 Å². The van der Waals surface area contributed by atoms with Gasteiger partial charge in [-0.1, -0.05) is 13.0 Å². The Kier molecular flexibility index (Phi) is 4.65. The molecule has 1 heterocycles. The first-order valence-electron chi connectivity index (χ1n) is 8.31. The van der Waals surface area contributed by atoms with Crippen LogP contribution in [-0.4, -0.2) is 22.8 Å². The summed E-state index contributed by atoms with van der Waals surface area (Å²) in [6, 6.07) is 11.0. The Bertz CT molecular complexity index is 928. The van der Waals surface area contributed by atoms with Crippen LogP contribution in [0, 0.1) is 0 Å². The first-order chi connectivity index (χ1) is 12.0. The number of aromatic nitrogens is 1. The average molecular weight is 338 g/mol. The Morgan fingerprint density at radius 1 is 1.20 bits per heavy atom. The van der Waals surface area contributed by atoms with Crippen LogP contribution in [0.3, 0.4) is 0 Å². The van der Waals surface area contributed by atoms with Crippen LogP contribution < -0.4 is 10.5 Å². The Hall–Kier alpha value is -2.95. The van der Waals surface area contributed by atoms with Crippen LogP contribution in [0.5, 0.6) is 5.75 Å². The average Bonchev–Trinajstić information content (AvgIpc) is 2.92. The van der Waals surface area contributed by atoms with Crippen molar-refractivity contribution in [3.8, 4) is 5.75 Å². The van der Waals surface area contributed by atoms with Gasteiger partial charge in [0.1, 0.15) is 5.75 Å². The fraction of sp³-hybridized carbons (Fsp3) is 0.250. The number of carboxylic acid groups (broad SMARTS) is 1. The van der Waals surface area contributed by atoms with Gasteiger partial charge in [0, 0.05) is 35.8 Å². The number of nitrogen functional groups attached to an aromatic ring is 1. The molecule has 3 aromatic rings. The summed E-state index contributed by atoms with van der Waals surface area (Å²) >= 11 is 0. The minimum atomic E-state index is -0.961. The molecule has 5 heteroatoms. The first-order valence-corrected chi connectivity index (χ1v) is 8.31. The molecule has 0 atom stereocenters. The molecule has 5 nitrogen and oxygen atoms in total. The molecule has 0 radical (unpaired) electrons. The fourth-order valence-electron chi connectivity index (χ4n) is 3.18. The predicted octanol–water partition coefficient (Wildman–Crippen LogP) is 3.93. The molecule has 0 saturated carbocycles. The van der Waals surface area contributed by atoms with Crippen molar-refractivity contribution < 1.29 is 14.6 Å². The van der Waals surface area contributed by atoms with Crippen LogP contribution in [0.15, 0.2) is 42.6 Å². The molecule has 130 valence electrons. The van der Waals surface area contributed by atoms with E-state index in [1.54, 1.807) is 19.2 Å². The van der Waals surface area contributed by atoms with Crippen molar-refractivity contribution in [2.75, 3.05) is 12.8 Å². The minimum Gasteiger partial charge on any atom is -0.496 e. The Balaban J connectivity index is 2.06. The largest absolute Gasteiger partial charge is 0.496 e. The van der Waals surface area contributed by atoms with Crippen LogP contribution >= 0.6 is 0 Å². The summed E-state index contributed by atoms with van der Waals surface area (Å²) in [4.78, 5) is 11.2. The van der Waals surface area contributed by atoms with Crippen LogP contribution in [0.2, 0.25) is 0 Å². The van der Waals surface area contributed by atoms with Gasteiger partial charge in [-0.05, 0) is 47.9 Å². The predicted molar refractivity (Wildman–Crippen MR) is 99.4 cm³/mol. The summed E-state index contributed by atoms with van der Waals surface area (Å²) in [5, 5.41) is 10.3. The van der Waals surface area contributed by atoms with Crippen molar-refractivity contribution in [3.63, 3.8) is 0 Å². The molecular weight excluding hydrogens is 316 g/mol. The van der Waals surface area contributed by atoms with Gasteiger partial charge >= 0.3 is 5.97 Å². The molecule has 3 N–H and O–H groups in total. The number of rotatable bonds is 6. The molecule has 25 heavy (non-hydrogen) atoms. The highest BCUT2D eigenvalue weighted by atomic mass is 16.5. The number of anilines is 1. The van der Waals surface area contributed by atoms with Crippen molar-refractivity contribution >= 4 is 22.6 Å². The zero-order valence-electron chi connectivity index (χ0n) is 14.5. The quantitative estimate of drug-likeness (QED) is 0.668. The summed E-state index contributed by atoms with van der Waals surface area (Å²) in [5.74, 6) is -0.377. The number of ether oxygens (including phenoxy) is 1. The number of carbonyl (C=O) groups is 1. The molecule has 0 aliphatic carbocycles. The molecule has 0 aliphatic rings. The minimum absolute atomic E-state index is 0.221. The highest BCUT2D eigenvalue weighted by Crippen LogP contribution is 2.29. The highest BCUT2D eigenvalue weighted by molar-refractivity contribution is 5.89. The second kappa shape index (κ2) is 6.89. The van der Waals surface area contributed by atoms with Crippen LogP contribution in [-0.2, 0) is 13.0 Å². The SMILES string of the molecule is CCCn1cc(Cc2ccc(C(=O)O)cc2OC)c2cc(N)ccc21. The molecule has 2 aromatic carbocycles. The number of nitrogens with two attached hydrogens (primary N) is 1. The maximum absolute atomic E-state index is 11.2. The van der Waals surface area contributed by atoms with Crippen LogP contribution in [0.1, 0.15) is 34.8 Å². The van der Waals surface area contributed by atoms with Crippen LogP contribution in [0.25, 0.3) is 10.9 Å². The summed E-state index contributed by atoms with van der Waals surface area (Å²) in [7, 11) is 1.56. The smallest absolute Gasteiger partial charge is 0.335 e. The Morgan fingerprint density at radius 2 is 2.00 bits per heavy atom. The van der Waals surface area contributed by atoms with E-state index in [0.29, 0.717) is 12.2 Å². The van der Waals surface area contributed by atoms with Gasteiger partial charge in [-0.3, -0.25) is 0 Å². The first kappa shape index (κ1) is 16.9. The number of fused-ring (bicyclic) bond motifs is 1. The monoisotopic (exact) mass is 338 g/mol. The van der Waals surface area contributed by atoms with Crippen molar-refractivity contribution in [2.24, 2.45) is 0 Å². The molecule has 0 aliphatic heterocycles. The van der Waals surface area contributed by atoms with E-state index in [2.05, 4.69) is 23.8 Å². The summed E-state index contributed by atoms with van der Waals surface area (Å²) in [5.41, 5.74) is 10.2. The molecule has 3 rings (SSSR count). The number of nitrogens with zero attached hydrogens (tertiary/aromatic N) is 1. The second-order valence-electron chi connectivity index (χ2n) is 6.13. The maximum atomic E-state index is 11.2. The fourth-order valence-corrected chi connectivity index (χ4v) is 3.18. The molecule has 0 spiro atoms. The molecular formula is C20H22N2O3. The van der Waals surface area contributed by atoms with Crippen molar-refractivity contribution in [3.05, 3.63) is 59.3 Å². The number of aryl methyl sites for hydroxylation is 1. The van der Waals surface area contributed by atoms with E-state index in [1.807, 2.05) is 18.2 Å². The standard InChI is InChI=1S/C20H22N2O3/c1-3-8-22-12-15(17-11-16(21)6-7-18(17)22)9-13-4-5-14(20(23)24)10-19(13)25-2/h4-7,10-12H,3,8-9,21H2,1-2H3,(H,23,24). The number of hydrogen-bond acceptors (Lipinski definition) is 3. The van der Waals surface area contributed by atoms with E-state index in [9.17, 15) is 4.79 Å². The maximum Gasteiger partial charge on any atom is 0.335 e. The van der Waals surface area contributed by atoms with E-state index in [0.717, 1.165) is 40.7 Å². The number of aromatic carboxylic acids is 1. The van der Waals surface area contributed by atoms with Gasteiger partial charge in [0.25, 0.3) is 0 Å². The van der Waals surface area contributed by atoms with E-state index in [4.69, 9.17) is 15.6 Å². The number of carboxylic acids is 1. The van der Waals surface area contributed by atoms with Crippen molar-refractivity contribution in [1.29, 1.82) is 0 Å².